The number of hydrogen-bond acceptors (Lipinski definition) is 2. The van der Waals surface area contributed by atoms with Crippen LogP contribution in [0.15, 0.2) is 72.3 Å². The molecular formula is C20H18N3. The lowest BCUT2D eigenvalue weighted by atomic mass is 9.90. The molecule has 2 aromatic rings. The first kappa shape index (κ1) is 14.9. The quantitative estimate of drug-likeness (QED) is 0.835. The number of nitrogens with two attached hydrogens (primary N) is 2. The van der Waals surface area contributed by atoms with E-state index in [-0.39, 0.29) is 5.71 Å². The van der Waals surface area contributed by atoms with Gasteiger partial charge in [0.1, 0.15) is 0 Å². The Morgan fingerprint density at radius 1 is 0.826 bits per heavy atom. The molecule has 0 saturated heterocycles. The van der Waals surface area contributed by atoms with Crippen LogP contribution in [0.1, 0.15) is 16.7 Å². The highest BCUT2D eigenvalue weighted by atomic mass is 14.6. The van der Waals surface area contributed by atoms with Crippen LogP contribution < -0.4 is 16.9 Å². The highest BCUT2D eigenvalue weighted by molar-refractivity contribution is 6.05. The summed E-state index contributed by atoms with van der Waals surface area (Å²) in [5, 5.41) is 9.55. The van der Waals surface area contributed by atoms with Gasteiger partial charge in [-0.25, -0.2) is 0 Å². The van der Waals surface area contributed by atoms with Crippen molar-refractivity contribution in [3.05, 3.63) is 89.0 Å². The van der Waals surface area contributed by atoms with E-state index in [1.807, 2.05) is 55.5 Å². The van der Waals surface area contributed by atoms with Crippen molar-refractivity contribution >= 4 is 22.7 Å². The Hall–Kier alpha value is -3.07. The average molecular weight is 300 g/mol. The van der Waals surface area contributed by atoms with Crippen molar-refractivity contribution in [2.45, 2.75) is 6.92 Å². The molecule has 0 atom stereocenters. The zero-order valence-electron chi connectivity index (χ0n) is 13.0. The number of aryl methyl sites for hydroxylation is 1. The van der Waals surface area contributed by atoms with Gasteiger partial charge in [0.2, 0.25) is 0 Å². The van der Waals surface area contributed by atoms with Crippen LogP contribution in [0, 0.1) is 6.92 Å². The van der Waals surface area contributed by atoms with Crippen molar-refractivity contribution in [2.24, 2.45) is 0 Å². The van der Waals surface area contributed by atoms with Gasteiger partial charge in [-0.3, -0.25) is 0 Å². The number of benzene rings is 2. The average Bonchev–Trinajstić information content (AvgIpc) is 2.55. The summed E-state index contributed by atoms with van der Waals surface area (Å²) in [5.41, 5.74) is 18.8. The topological polar surface area (TPSA) is 74.3 Å². The normalized spacial score (nSPS) is 13.4. The summed E-state index contributed by atoms with van der Waals surface area (Å²) in [5.74, 6) is 0. The van der Waals surface area contributed by atoms with Gasteiger partial charge in [0.05, 0.1) is 5.71 Å². The van der Waals surface area contributed by atoms with E-state index >= 15 is 0 Å². The van der Waals surface area contributed by atoms with Crippen LogP contribution in [0.25, 0.3) is 5.57 Å². The fourth-order valence-electron chi connectivity index (χ4n) is 2.61. The van der Waals surface area contributed by atoms with Crippen LogP contribution in [0.3, 0.4) is 0 Å². The SMILES string of the molecule is Cc1cc(C(=C2C=CC(=[N])C=C2)c2ccc(N)cc2)ccc1N. The van der Waals surface area contributed by atoms with E-state index in [1.165, 1.54) is 0 Å². The minimum absolute atomic E-state index is 0.249. The van der Waals surface area contributed by atoms with E-state index in [4.69, 9.17) is 11.5 Å². The lowest BCUT2D eigenvalue weighted by molar-refractivity contribution is 1.43. The van der Waals surface area contributed by atoms with E-state index in [0.717, 1.165) is 39.2 Å². The molecule has 0 amide bonds. The Kier molecular flexibility index (Phi) is 3.85. The monoisotopic (exact) mass is 300 g/mol. The van der Waals surface area contributed by atoms with Crippen molar-refractivity contribution in [3.63, 3.8) is 0 Å². The first-order valence-corrected chi connectivity index (χ1v) is 7.43. The van der Waals surface area contributed by atoms with Crippen molar-refractivity contribution < 1.29 is 0 Å². The second-order valence-electron chi connectivity index (χ2n) is 5.62. The third-order valence-corrected chi connectivity index (χ3v) is 3.91. The zero-order chi connectivity index (χ0) is 16.4. The molecule has 0 saturated carbocycles. The van der Waals surface area contributed by atoms with E-state index in [0.29, 0.717) is 0 Å². The van der Waals surface area contributed by atoms with Gasteiger partial charge in [0.25, 0.3) is 0 Å². The Morgan fingerprint density at radius 3 is 2.04 bits per heavy atom. The molecule has 0 bridgehead atoms. The van der Waals surface area contributed by atoms with E-state index in [2.05, 4.69) is 6.07 Å². The Bertz CT molecular complexity index is 835. The highest BCUT2D eigenvalue weighted by Crippen LogP contribution is 2.31. The number of rotatable bonds is 2. The molecule has 0 aliphatic heterocycles. The molecule has 3 nitrogen and oxygen atoms in total. The maximum Gasteiger partial charge on any atom is 0.0857 e. The van der Waals surface area contributed by atoms with Gasteiger partial charge in [-0.2, -0.15) is 5.41 Å². The Balaban J connectivity index is 2.22. The number of nitrogen functional groups attached to an aromatic ring is 2. The minimum atomic E-state index is 0.249. The van der Waals surface area contributed by atoms with Gasteiger partial charge in [-0.15, -0.1) is 0 Å². The third kappa shape index (κ3) is 3.09. The molecule has 3 rings (SSSR count). The molecular weight excluding hydrogens is 282 g/mol. The van der Waals surface area contributed by atoms with Gasteiger partial charge in [0.15, 0.2) is 0 Å². The molecule has 113 valence electrons. The fourth-order valence-corrected chi connectivity index (χ4v) is 2.61. The van der Waals surface area contributed by atoms with Crippen molar-refractivity contribution in [3.8, 4) is 0 Å². The fraction of sp³-hybridized carbons (Fsp3) is 0.0500. The molecule has 4 N–H and O–H groups in total. The smallest absolute Gasteiger partial charge is 0.0857 e. The van der Waals surface area contributed by atoms with Crippen LogP contribution >= 0.6 is 0 Å². The molecule has 1 aliphatic carbocycles. The summed E-state index contributed by atoms with van der Waals surface area (Å²) in [6, 6.07) is 13.8. The Morgan fingerprint density at radius 2 is 1.43 bits per heavy atom. The Labute approximate surface area is 136 Å². The van der Waals surface area contributed by atoms with E-state index in [9.17, 15) is 5.41 Å². The summed E-state index contributed by atoms with van der Waals surface area (Å²) in [6.45, 7) is 2.00. The summed E-state index contributed by atoms with van der Waals surface area (Å²) < 4.78 is 0. The van der Waals surface area contributed by atoms with Crippen molar-refractivity contribution in [1.29, 1.82) is 0 Å². The van der Waals surface area contributed by atoms with Gasteiger partial charge in [-0.1, -0.05) is 30.4 Å². The predicted molar refractivity (Wildman–Crippen MR) is 97.9 cm³/mol. The van der Waals surface area contributed by atoms with Gasteiger partial charge in [0, 0.05) is 11.4 Å². The van der Waals surface area contributed by atoms with Crippen LogP contribution in [0.4, 0.5) is 11.4 Å². The van der Waals surface area contributed by atoms with Gasteiger partial charge in [-0.05, 0) is 71.2 Å². The summed E-state index contributed by atoms with van der Waals surface area (Å²) in [4.78, 5) is 0. The molecule has 1 aliphatic rings. The molecule has 0 unspecified atom stereocenters. The molecule has 0 fully saturated rings. The number of nitrogens with zero attached hydrogens (tertiary/aromatic N) is 1. The minimum Gasteiger partial charge on any atom is -0.399 e. The molecule has 1 radical (unpaired) electrons. The molecule has 3 heteroatoms. The number of anilines is 2. The largest absolute Gasteiger partial charge is 0.399 e. The zero-order valence-corrected chi connectivity index (χ0v) is 13.0. The van der Waals surface area contributed by atoms with Crippen molar-refractivity contribution in [1.82, 2.24) is 5.41 Å². The van der Waals surface area contributed by atoms with E-state index in [1.54, 1.807) is 12.2 Å². The summed E-state index contributed by atoms with van der Waals surface area (Å²) in [6.07, 6.45) is 7.20. The second-order valence-corrected chi connectivity index (χ2v) is 5.62. The second kappa shape index (κ2) is 5.97. The van der Waals surface area contributed by atoms with Crippen LogP contribution in [-0.2, 0) is 0 Å². The first-order valence-electron chi connectivity index (χ1n) is 7.43. The first-order chi connectivity index (χ1) is 11.0. The standard InChI is InChI=1S/C20H18N3/c1-13-12-16(6-11-19(13)23)20(14-2-7-17(21)8-3-14)15-4-9-18(22)10-5-15/h2-12H,21,23H2,1H3. The lowest BCUT2D eigenvalue weighted by Gasteiger charge is -2.15. The highest BCUT2D eigenvalue weighted by Gasteiger charge is 2.12. The van der Waals surface area contributed by atoms with Crippen molar-refractivity contribution in [2.75, 3.05) is 11.5 Å². The molecule has 23 heavy (non-hydrogen) atoms. The number of hydrogen-bond donors (Lipinski definition) is 2. The number of allylic oxidation sites excluding steroid dienone is 5. The maximum absolute atomic E-state index is 9.55. The maximum atomic E-state index is 9.55. The predicted octanol–water partition coefficient (Wildman–Crippen LogP) is 3.33. The van der Waals surface area contributed by atoms with Crippen LogP contribution in [0.2, 0.25) is 0 Å². The van der Waals surface area contributed by atoms with Crippen LogP contribution in [-0.4, -0.2) is 5.71 Å². The third-order valence-electron chi connectivity index (χ3n) is 3.91. The summed E-state index contributed by atoms with van der Waals surface area (Å²) in [7, 11) is 0. The summed E-state index contributed by atoms with van der Waals surface area (Å²) >= 11 is 0. The molecule has 0 spiro atoms. The van der Waals surface area contributed by atoms with Gasteiger partial charge < -0.3 is 11.5 Å². The van der Waals surface area contributed by atoms with Crippen LogP contribution in [0.5, 0.6) is 0 Å². The van der Waals surface area contributed by atoms with E-state index < -0.39 is 0 Å². The molecule has 2 aromatic carbocycles. The molecule has 0 aromatic heterocycles. The molecule has 0 heterocycles. The van der Waals surface area contributed by atoms with Gasteiger partial charge >= 0.3 is 0 Å². The lowest BCUT2D eigenvalue weighted by Crippen LogP contribution is -1.99.